The fourth-order valence-corrected chi connectivity index (χ4v) is 4.64. The van der Waals surface area contributed by atoms with E-state index in [1.165, 1.54) is 23.1 Å². The minimum Gasteiger partial charge on any atom is -0.444 e. The van der Waals surface area contributed by atoms with Crippen molar-refractivity contribution in [3.8, 4) is 28.1 Å². The van der Waals surface area contributed by atoms with Crippen molar-refractivity contribution in [1.29, 1.82) is 5.26 Å². The molecule has 33 heavy (non-hydrogen) atoms. The number of aromatic nitrogens is 3. The Bertz CT molecular complexity index is 1340. The summed E-state index contributed by atoms with van der Waals surface area (Å²) in [4.78, 5) is 16.9. The van der Waals surface area contributed by atoms with Crippen LogP contribution in [-0.4, -0.2) is 33.2 Å². The van der Waals surface area contributed by atoms with Crippen molar-refractivity contribution in [3.05, 3.63) is 69.8 Å². The third-order valence-electron chi connectivity index (χ3n) is 4.41. The number of anilines is 1. The number of rotatable bonds is 8. The minimum atomic E-state index is -0.124. The molecule has 0 bridgehead atoms. The molecule has 4 rings (SSSR count). The van der Waals surface area contributed by atoms with Gasteiger partial charge in [0.25, 0.3) is 0 Å². The Morgan fingerprint density at radius 1 is 1.30 bits per heavy atom. The smallest absolute Gasteiger partial charge is 0.239 e. The van der Waals surface area contributed by atoms with Crippen LogP contribution in [0, 0.1) is 17.9 Å². The summed E-state index contributed by atoms with van der Waals surface area (Å²) in [5, 5.41) is 25.5. The number of oxazole rings is 1. The predicted octanol–water partition coefficient (Wildman–Crippen LogP) is 5.63. The number of hydrogen-bond acceptors (Lipinski definition) is 9. The average Bonchev–Trinajstić information content (AvgIpc) is 3.53. The van der Waals surface area contributed by atoms with E-state index in [9.17, 15) is 10.4 Å². The lowest BCUT2D eigenvalue weighted by Crippen LogP contribution is -2.09. The summed E-state index contributed by atoms with van der Waals surface area (Å²) in [6.07, 6.45) is 3.18. The van der Waals surface area contributed by atoms with Crippen LogP contribution in [0.5, 0.6) is 0 Å². The molecule has 4 aromatic rings. The summed E-state index contributed by atoms with van der Waals surface area (Å²) in [7, 11) is 0. The standard InChI is InChI=1S/C22H15ClN6O2S2/c1-25-18-17(22-27-7-9-32-22)16(10-24)21(29-19(18)26-6-8-30)33-12-15-11-31-20(28-15)13-2-4-14(23)5-3-13/h2-5,7,9,11,30H,6,8,12H2,(H,26,29). The summed E-state index contributed by atoms with van der Waals surface area (Å²) >= 11 is 8.58. The molecule has 0 unspecified atom stereocenters. The number of thiazole rings is 1. The number of thioether (sulfide) groups is 1. The quantitative estimate of drug-likeness (QED) is 0.239. The monoisotopic (exact) mass is 494 g/mol. The van der Waals surface area contributed by atoms with Crippen molar-refractivity contribution < 1.29 is 9.52 Å². The van der Waals surface area contributed by atoms with E-state index in [0.29, 0.717) is 43.8 Å². The molecule has 164 valence electrons. The first-order valence-corrected chi connectivity index (χ1v) is 11.8. The van der Waals surface area contributed by atoms with Crippen molar-refractivity contribution in [2.45, 2.75) is 10.8 Å². The number of pyridine rings is 1. The molecule has 0 fully saturated rings. The first kappa shape index (κ1) is 22.8. The second-order valence-electron chi connectivity index (χ2n) is 6.51. The molecule has 0 radical (unpaired) electrons. The molecular weight excluding hydrogens is 480 g/mol. The van der Waals surface area contributed by atoms with E-state index in [2.05, 4.69) is 31.2 Å². The summed E-state index contributed by atoms with van der Waals surface area (Å²) < 4.78 is 5.59. The van der Waals surface area contributed by atoms with Crippen LogP contribution < -0.4 is 5.32 Å². The normalized spacial score (nSPS) is 10.5. The second-order valence-corrected chi connectivity index (χ2v) is 8.81. The molecule has 3 heterocycles. The van der Waals surface area contributed by atoms with Gasteiger partial charge in [-0.1, -0.05) is 23.4 Å². The Labute approximate surface area is 202 Å². The van der Waals surface area contributed by atoms with Gasteiger partial charge in [-0.05, 0) is 24.3 Å². The number of aliphatic hydroxyl groups excluding tert-OH is 1. The van der Waals surface area contributed by atoms with Gasteiger partial charge in [0.2, 0.25) is 11.6 Å². The van der Waals surface area contributed by atoms with Gasteiger partial charge in [0.1, 0.15) is 28.2 Å². The number of benzene rings is 1. The maximum absolute atomic E-state index is 9.92. The van der Waals surface area contributed by atoms with Crippen LogP contribution in [0.15, 0.2) is 51.5 Å². The molecule has 0 spiro atoms. The maximum atomic E-state index is 9.92. The molecule has 0 saturated carbocycles. The van der Waals surface area contributed by atoms with Gasteiger partial charge < -0.3 is 14.8 Å². The average molecular weight is 495 g/mol. The number of aliphatic hydroxyl groups is 1. The zero-order valence-electron chi connectivity index (χ0n) is 16.9. The molecule has 0 amide bonds. The number of halogens is 1. The summed E-state index contributed by atoms with van der Waals surface area (Å²) in [6, 6.07) is 9.36. The zero-order valence-corrected chi connectivity index (χ0v) is 19.3. The number of nitriles is 1. The molecule has 0 aliphatic rings. The van der Waals surface area contributed by atoms with E-state index >= 15 is 0 Å². The number of nitrogens with one attached hydrogen (secondary N) is 1. The lowest BCUT2D eigenvalue weighted by molar-refractivity contribution is 0.311. The van der Waals surface area contributed by atoms with Crippen molar-refractivity contribution in [2.24, 2.45) is 0 Å². The van der Waals surface area contributed by atoms with Crippen LogP contribution in [-0.2, 0) is 5.75 Å². The summed E-state index contributed by atoms with van der Waals surface area (Å²) in [6.45, 7) is 7.75. The Balaban J connectivity index is 1.67. The fourth-order valence-electron chi connectivity index (χ4n) is 2.96. The van der Waals surface area contributed by atoms with Crippen molar-refractivity contribution >= 4 is 46.2 Å². The van der Waals surface area contributed by atoms with E-state index in [1.807, 2.05) is 12.1 Å². The highest BCUT2D eigenvalue weighted by molar-refractivity contribution is 7.98. The van der Waals surface area contributed by atoms with Gasteiger partial charge in [-0.2, -0.15) is 5.26 Å². The molecule has 2 N–H and O–H groups in total. The summed E-state index contributed by atoms with van der Waals surface area (Å²) in [5.41, 5.74) is 2.38. The van der Waals surface area contributed by atoms with Gasteiger partial charge in [0.15, 0.2) is 0 Å². The molecule has 8 nitrogen and oxygen atoms in total. The van der Waals surface area contributed by atoms with Crippen molar-refractivity contribution in [2.75, 3.05) is 18.5 Å². The van der Waals surface area contributed by atoms with E-state index in [1.54, 1.807) is 30.0 Å². The van der Waals surface area contributed by atoms with Crippen LogP contribution in [0.1, 0.15) is 11.3 Å². The Morgan fingerprint density at radius 3 is 2.79 bits per heavy atom. The highest BCUT2D eigenvalue weighted by Gasteiger charge is 2.23. The third kappa shape index (κ3) is 5.00. The fraction of sp³-hybridized carbons (Fsp3) is 0.136. The van der Waals surface area contributed by atoms with Gasteiger partial charge in [0.05, 0.1) is 24.4 Å². The lowest BCUT2D eigenvalue weighted by atomic mass is 10.1. The molecular formula is C22H15ClN6O2S2. The van der Waals surface area contributed by atoms with E-state index in [4.69, 9.17) is 22.6 Å². The van der Waals surface area contributed by atoms with Crippen LogP contribution >= 0.6 is 34.7 Å². The second kappa shape index (κ2) is 10.5. The van der Waals surface area contributed by atoms with Crippen LogP contribution in [0.25, 0.3) is 26.9 Å². The summed E-state index contributed by atoms with van der Waals surface area (Å²) in [5.74, 6) is 1.16. The van der Waals surface area contributed by atoms with Crippen molar-refractivity contribution in [3.63, 3.8) is 0 Å². The number of hydrogen-bond donors (Lipinski definition) is 2. The predicted molar refractivity (Wildman–Crippen MR) is 128 cm³/mol. The molecule has 3 aromatic heterocycles. The largest absolute Gasteiger partial charge is 0.444 e. The van der Waals surface area contributed by atoms with Gasteiger partial charge >= 0.3 is 0 Å². The Hall–Kier alpha value is -3.41. The van der Waals surface area contributed by atoms with Gasteiger partial charge in [-0.15, -0.1) is 11.3 Å². The SMILES string of the molecule is [C-]#[N+]c1c(NCCO)nc(SCc2coc(-c3ccc(Cl)cc3)n2)c(C#N)c1-c1nccs1. The Morgan fingerprint density at radius 2 is 2.12 bits per heavy atom. The van der Waals surface area contributed by atoms with Gasteiger partial charge in [-0.3, -0.25) is 0 Å². The van der Waals surface area contributed by atoms with Crippen LogP contribution in [0.2, 0.25) is 5.02 Å². The minimum absolute atomic E-state index is 0.124. The lowest BCUT2D eigenvalue weighted by Gasteiger charge is -2.14. The molecule has 0 atom stereocenters. The van der Waals surface area contributed by atoms with Crippen LogP contribution in [0.4, 0.5) is 11.5 Å². The first-order valence-electron chi connectivity index (χ1n) is 9.58. The van der Waals surface area contributed by atoms with Crippen molar-refractivity contribution in [1.82, 2.24) is 15.0 Å². The zero-order chi connectivity index (χ0) is 23.2. The highest BCUT2D eigenvalue weighted by Crippen LogP contribution is 2.43. The topological polar surface area (TPSA) is 112 Å². The molecule has 0 saturated heterocycles. The maximum Gasteiger partial charge on any atom is 0.239 e. The third-order valence-corrected chi connectivity index (χ3v) is 6.46. The van der Waals surface area contributed by atoms with E-state index < -0.39 is 0 Å². The molecule has 11 heteroatoms. The first-order chi connectivity index (χ1) is 16.1. The Kier molecular flexibility index (Phi) is 7.23. The van der Waals surface area contributed by atoms with Gasteiger partial charge in [-0.25, -0.2) is 19.8 Å². The molecule has 0 aliphatic heterocycles. The van der Waals surface area contributed by atoms with Crippen LogP contribution in [0.3, 0.4) is 0 Å². The molecule has 1 aromatic carbocycles. The molecule has 0 aliphatic carbocycles. The van der Waals surface area contributed by atoms with E-state index in [0.717, 1.165) is 5.56 Å². The van der Waals surface area contributed by atoms with Gasteiger partial charge in [0, 0.05) is 40.0 Å². The number of nitrogens with zero attached hydrogens (tertiary/aromatic N) is 5. The van der Waals surface area contributed by atoms with E-state index in [-0.39, 0.29) is 24.4 Å². The highest BCUT2D eigenvalue weighted by atomic mass is 35.5.